The molecule has 136 valence electrons. The summed E-state index contributed by atoms with van der Waals surface area (Å²) in [5, 5.41) is 20.6. The SMILES string of the molecule is COc1ccc(CNC(=O)/C(C#N)=C\c2ccc(OCC#N)c(Br)c2)cc1. The van der Waals surface area contributed by atoms with Gasteiger partial charge in [-0.05, 0) is 57.4 Å². The van der Waals surface area contributed by atoms with E-state index in [9.17, 15) is 10.1 Å². The number of hydrogen-bond donors (Lipinski definition) is 1. The number of hydrogen-bond acceptors (Lipinski definition) is 5. The van der Waals surface area contributed by atoms with Gasteiger partial charge in [-0.15, -0.1) is 0 Å². The van der Waals surface area contributed by atoms with Gasteiger partial charge in [0.1, 0.15) is 29.2 Å². The Morgan fingerprint density at radius 2 is 1.96 bits per heavy atom. The molecule has 0 aliphatic rings. The monoisotopic (exact) mass is 425 g/mol. The van der Waals surface area contributed by atoms with Gasteiger partial charge in [0.2, 0.25) is 0 Å². The largest absolute Gasteiger partial charge is 0.497 e. The van der Waals surface area contributed by atoms with Crippen molar-refractivity contribution in [3.05, 3.63) is 63.6 Å². The number of nitriles is 2. The molecule has 0 saturated heterocycles. The number of ether oxygens (including phenoxy) is 2. The highest BCUT2D eigenvalue weighted by Gasteiger charge is 2.10. The van der Waals surface area contributed by atoms with Gasteiger partial charge in [0, 0.05) is 6.54 Å². The highest BCUT2D eigenvalue weighted by Crippen LogP contribution is 2.27. The molecule has 2 aromatic carbocycles. The molecule has 27 heavy (non-hydrogen) atoms. The fraction of sp³-hybridized carbons (Fsp3) is 0.150. The molecule has 0 spiro atoms. The number of nitrogens with zero attached hydrogens (tertiary/aromatic N) is 2. The average molecular weight is 426 g/mol. The Balaban J connectivity index is 2.06. The number of nitrogens with one attached hydrogen (secondary N) is 1. The van der Waals surface area contributed by atoms with Crippen LogP contribution in [-0.4, -0.2) is 19.6 Å². The third-order valence-electron chi connectivity index (χ3n) is 3.54. The molecule has 6 nitrogen and oxygen atoms in total. The maximum Gasteiger partial charge on any atom is 0.262 e. The van der Waals surface area contributed by atoms with Crippen LogP contribution in [0.3, 0.4) is 0 Å². The van der Waals surface area contributed by atoms with E-state index in [2.05, 4.69) is 21.2 Å². The summed E-state index contributed by atoms with van der Waals surface area (Å²) in [6.07, 6.45) is 1.49. The molecule has 7 heteroatoms. The first-order valence-electron chi connectivity index (χ1n) is 7.89. The Morgan fingerprint density at radius 1 is 1.22 bits per heavy atom. The van der Waals surface area contributed by atoms with E-state index in [1.165, 1.54) is 6.08 Å². The van der Waals surface area contributed by atoms with E-state index in [1.54, 1.807) is 37.4 Å². The molecule has 1 amide bonds. The lowest BCUT2D eigenvalue weighted by Gasteiger charge is -2.07. The first-order chi connectivity index (χ1) is 13.1. The fourth-order valence-electron chi connectivity index (χ4n) is 2.17. The van der Waals surface area contributed by atoms with E-state index in [4.69, 9.17) is 14.7 Å². The summed E-state index contributed by atoms with van der Waals surface area (Å²) >= 11 is 3.34. The van der Waals surface area contributed by atoms with Gasteiger partial charge < -0.3 is 14.8 Å². The molecule has 0 aliphatic carbocycles. The van der Waals surface area contributed by atoms with E-state index in [1.807, 2.05) is 24.3 Å². The number of benzene rings is 2. The number of carbonyl (C=O) groups excluding carboxylic acids is 1. The second-order valence-corrected chi connectivity index (χ2v) is 6.19. The number of halogens is 1. The number of rotatable bonds is 7. The minimum atomic E-state index is -0.464. The van der Waals surface area contributed by atoms with Gasteiger partial charge in [-0.25, -0.2) is 0 Å². The molecular weight excluding hydrogens is 410 g/mol. The third-order valence-corrected chi connectivity index (χ3v) is 4.16. The Hall–Kier alpha value is -3.29. The molecule has 0 fully saturated rings. The Bertz CT molecular complexity index is 925. The Kier molecular flexibility index (Phi) is 7.42. The normalized spacial score (nSPS) is 10.4. The van der Waals surface area contributed by atoms with E-state index in [0.29, 0.717) is 22.3 Å². The zero-order chi connectivity index (χ0) is 19.6. The van der Waals surface area contributed by atoms with Crippen LogP contribution in [0.1, 0.15) is 11.1 Å². The lowest BCUT2D eigenvalue weighted by molar-refractivity contribution is -0.117. The van der Waals surface area contributed by atoms with E-state index < -0.39 is 5.91 Å². The summed E-state index contributed by atoms with van der Waals surface area (Å²) in [5.74, 6) is 0.779. The summed E-state index contributed by atoms with van der Waals surface area (Å²) in [7, 11) is 1.58. The smallest absolute Gasteiger partial charge is 0.262 e. The molecule has 0 aliphatic heterocycles. The molecule has 2 aromatic rings. The zero-order valence-corrected chi connectivity index (χ0v) is 16.1. The van der Waals surface area contributed by atoms with Crippen molar-refractivity contribution < 1.29 is 14.3 Å². The van der Waals surface area contributed by atoms with Gasteiger partial charge >= 0.3 is 0 Å². The van der Waals surface area contributed by atoms with Crippen molar-refractivity contribution in [2.75, 3.05) is 13.7 Å². The molecule has 0 atom stereocenters. The van der Waals surface area contributed by atoms with Crippen molar-refractivity contribution in [2.24, 2.45) is 0 Å². The third kappa shape index (κ3) is 5.88. The van der Waals surface area contributed by atoms with Crippen LogP contribution in [0.2, 0.25) is 0 Å². The van der Waals surface area contributed by atoms with Crippen molar-refractivity contribution >= 4 is 27.9 Å². The fourth-order valence-corrected chi connectivity index (χ4v) is 2.68. The topological polar surface area (TPSA) is 95.1 Å². The Morgan fingerprint density at radius 3 is 2.56 bits per heavy atom. The highest BCUT2D eigenvalue weighted by atomic mass is 79.9. The van der Waals surface area contributed by atoms with Crippen LogP contribution < -0.4 is 14.8 Å². The van der Waals surface area contributed by atoms with Gasteiger partial charge in [0.15, 0.2) is 6.61 Å². The average Bonchev–Trinajstić information content (AvgIpc) is 2.70. The van der Waals surface area contributed by atoms with E-state index >= 15 is 0 Å². The lowest BCUT2D eigenvalue weighted by atomic mass is 10.1. The van der Waals surface area contributed by atoms with Crippen molar-refractivity contribution in [1.29, 1.82) is 10.5 Å². The van der Waals surface area contributed by atoms with Crippen LogP contribution in [0.5, 0.6) is 11.5 Å². The van der Waals surface area contributed by atoms with Crippen molar-refractivity contribution in [1.82, 2.24) is 5.32 Å². The predicted molar refractivity (Wildman–Crippen MR) is 104 cm³/mol. The molecule has 0 unspecified atom stereocenters. The minimum absolute atomic E-state index is 0.0129. The van der Waals surface area contributed by atoms with Crippen molar-refractivity contribution in [3.63, 3.8) is 0 Å². The summed E-state index contributed by atoms with van der Waals surface area (Å²) in [4.78, 5) is 12.3. The van der Waals surface area contributed by atoms with Crippen LogP contribution in [-0.2, 0) is 11.3 Å². The van der Waals surface area contributed by atoms with Gasteiger partial charge in [-0.2, -0.15) is 10.5 Å². The summed E-state index contributed by atoms with van der Waals surface area (Å²) in [6.45, 7) is 0.234. The highest BCUT2D eigenvalue weighted by molar-refractivity contribution is 9.10. The minimum Gasteiger partial charge on any atom is -0.497 e. The number of carbonyl (C=O) groups is 1. The first kappa shape index (κ1) is 20.0. The second-order valence-electron chi connectivity index (χ2n) is 5.34. The molecule has 0 bridgehead atoms. The molecule has 0 radical (unpaired) electrons. The summed E-state index contributed by atoms with van der Waals surface area (Å²) < 4.78 is 11.0. The van der Waals surface area contributed by atoms with Crippen LogP contribution in [0, 0.1) is 22.7 Å². The predicted octanol–water partition coefficient (Wildman–Crippen LogP) is 3.58. The summed E-state index contributed by atoms with van der Waals surface area (Å²) in [5.41, 5.74) is 1.53. The van der Waals surface area contributed by atoms with Gasteiger partial charge in [0.05, 0.1) is 11.6 Å². The number of methoxy groups -OCH3 is 1. The van der Waals surface area contributed by atoms with Crippen LogP contribution in [0.25, 0.3) is 6.08 Å². The van der Waals surface area contributed by atoms with E-state index in [-0.39, 0.29) is 12.2 Å². The second kappa shape index (κ2) is 10.0. The van der Waals surface area contributed by atoms with Gasteiger partial charge in [0.25, 0.3) is 5.91 Å². The first-order valence-corrected chi connectivity index (χ1v) is 8.69. The standard InChI is InChI=1S/C20H16BrN3O3/c1-26-17-5-2-14(3-6-17)13-24-20(25)16(12-23)10-15-4-7-19(18(21)11-15)27-9-8-22/h2-7,10-11H,9,13H2,1H3,(H,24,25)/b16-10-. The summed E-state index contributed by atoms with van der Waals surface area (Å²) in [6, 6.07) is 16.2. The van der Waals surface area contributed by atoms with Gasteiger partial charge in [-0.3, -0.25) is 4.79 Å². The molecule has 0 saturated carbocycles. The zero-order valence-electron chi connectivity index (χ0n) is 14.5. The van der Waals surface area contributed by atoms with Crippen molar-refractivity contribution in [3.8, 4) is 23.6 Å². The maximum absolute atomic E-state index is 12.3. The van der Waals surface area contributed by atoms with Crippen LogP contribution in [0.15, 0.2) is 52.5 Å². The molecule has 0 heterocycles. The van der Waals surface area contributed by atoms with Crippen LogP contribution >= 0.6 is 15.9 Å². The Labute approximate surface area is 165 Å². The van der Waals surface area contributed by atoms with Crippen LogP contribution in [0.4, 0.5) is 0 Å². The quantitative estimate of drug-likeness (QED) is 0.540. The lowest BCUT2D eigenvalue weighted by Crippen LogP contribution is -2.23. The maximum atomic E-state index is 12.3. The van der Waals surface area contributed by atoms with E-state index in [0.717, 1.165) is 11.3 Å². The molecule has 1 N–H and O–H groups in total. The van der Waals surface area contributed by atoms with Gasteiger partial charge in [-0.1, -0.05) is 18.2 Å². The number of amides is 1. The van der Waals surface area contributed by atoms with Crippen molar-refractivity contribution in [2.45, 2.75) is 6.54 Å². The molecule has 0 aromatic heterocycles. The molecule has 2 rings (SSSR count). The molecular formula is C20H16BrN3O3.